The molecule has 2 atom stereocenters. The molecule has 0 spiro atoms. The molecule has 0 bridgehead atoms. The Hall–Kier alpha value is -0.440. The van der Waals surface area contributed by atoms with Crippen molar-refractivity contribution in [3.05, 3.63) is 30.3 Å². The van der Waals surface area contributed by atoms with Crippen molar-refractivity contribution < 1.29 is 18.2 Å². The molecule has 2 unspecified atom stereocenters. The predicted octanol–water partition coefficient (Wildman–Crippen LogP) is 5.45. The molecule has 0 N–H and O–H groups in total. The van der Waals surface area contributed by atoms with Crippen LogP contribution in [0.4, 0.5) is 0 Å². The first-order valence-electron chi connectivity index (χ1n) is 10.3. The number of hydrogen-bond donors (Lipinski definition) is 0. The summed E-state index contributed by atoms with van der Waals surface area (Å²) < 4.78 is 39.3. The van der Waals surface area contributed by atoms with Gasteiger partial charge in [0.2, 0.25) is 0 Å². The Bertz CT molecular complexity index is 659. The maximum atomic E-state index is 14.7. The van der Waals surface area contributed by atoms with Gasteiger partial charge in [0, 0.05) is 22.7 Å². The topological polar surface area (TPSA) is 55.8 Å². The van der Waals surface area contributed by atoms with E-state index in [2.05, 4.69) is 18.7 Å². The molecule has 5 nitrogen and oxygen atoms in total. The molecule has 1 aromatic rings. The van der Waals surface area contributed by atoms with E-state index in [1.807, 2.05) is 65.0 Å². The zero-order valence-corrected chi connectivity index (χ0v) is 20.5. The summed E-state index contributed by atoms with van der Waals surface area (Å²) in [5, 5.41) is 0.356. The molecule has 0 aliphatic carbocycles. The summed E-state index contributed by atoms with van der Waals surface area (Å²) in [5.41, 5.74) is -0.321. The highest BCUT2D eigenvalue weighted by Crippen LogP contribution is 2.64. The fourth-order valence-electron chi connectivity index (χ4n) is 3.66. The van der Waals surface area contributed by atoms with Gasteiger partial charge < -0.3 is 18.5 Å². The van der Waals surface area contributed by atoms with Crippen LogP contribution in [0.5, 0.6) is 0 Å². The summed E-state index contributed by atoms with van der Waals surface area (Å²) in [5.74, 6) is 0. The van der Waals surface area contributed by atoms with Crippen LogP contribution >= 0.6 is 14.7 Å². The van der Waals surface area contributed by atoms with Gasteiger partial charge in [-0.2, -0.15) is 0 Å². The van der Waals surface area contributed by atoms with Crippen molar-refractivity contribution in [1.29, 1.82) is 0 Å². The molecule has 1 aromatic carbocycles. The van der Waals surface area contributed by atoms with Crippen LogP contribution in [0.1, 0.15) is 48.5 Å². The highest BCUT2D eigenvalue weighted by atomic mass is 31.2. The van der Waals surface area contributed by atoms with E-state index in [-0.39, 0.29) is 11.8 Å². The third-order valence-corrected chi connectivity index (χ3v) is 12.0. The van der Waals surface area contributed by atoms with Crippen LogP contribution in [0, 0.1) is 0 Å². The van der Waals surface area contributed by atoms with Gasteiger partial charge >= 0.3 is 7.60 Å². The molecule has 0 fully saturated rings. The first-order valence-corrected chi connectivity index (χ1v) is 13.8. The molecule has 0 aliphatic heterocycles. The zero-order valence-electron chi connectivity index (χ0n) is 18.7. The number of nitrogens with zero attached hydrogens (tertiary/aromatic N) is 1. The lowest BCUT2D eigenvalue weighted by atomic mass is 10.2. The van der Waals surface area contributed by atoms with Crippen molar-refractivity contribution >= 4 is 20.0 Å². The molecule has 0 amide bonds. The predicted molar refractivity (Wildman–Crippen MR) is 121 cm³/mol. The van der Waals surface area contributed by atoms with Gasteiger partial charge in [0.05, 0.1) is 19.4 Å². The molecular weight excluding hydrogens is 392 g/mol. The minimum atomic E-state index is -3.34. The average Bonchev–Trinajstić information content (AvgIpc) is 2.64. The van der Waals surface area contributed by atoms with Gasteiger partial charge in [-0.25, -0.2) is 0 Å². The van der Waals surface area contributed by atoms with Gasteiger partial charge in [0.15, 0.2) is 0 Å². The molecular formula is C21H39NO4P2. The first kappa shape index (κ1) is 25.6. The summed E-state index contributed by atoms with van der Waals surface area (Å²) >= 11 is 0. The Balaban J connectivity index is 3.52. The SMILES string of the molecule is CCOP(=O)(CC(CN(CC)CC)P(=O)(c1ccccc1)C(C)(C)C)OCC. The van der Waals surface area contributed by atoms with E-state index >= 15 is 0 Å². The minimum Gasteiger partial charge on any atom is -0.318 e. The Morgan fingerprint density at radius 1 is 0.929 bits per heavy atom. The maximum absolute atomic E-state index is 14.7. The van der Waals surface area contributed by atoms with Crippen molar-refractivity contribution in [2.75, 3.05) is 39.0 Å². The van der Waals surface area contributed by atoms with Crippen LogP contribution in [-0.2, 0) is 18.2 Å². The summed E-state index contributed by atoms with van der Waals surface area (Å²) in [7, 11) is -6.30. The molecule has 7 heteroatoms. The van der Waals surface area contributed by atoms with Crippen molar-refractivity contribution in [2.45, 2.75) is 59.3 Å². The van der Waals surface area contributed by atoms with Crippen LogP contribution < -0.4 is 5.30 Å². The van der Waals surface area contributed by atoms with Gasteiger partial charge in [-0.1, -0.05) is 65.0 Å². The van der Waals surface area contributed by atoms with Crippen LogP contribution in [0.3, 0.4) is 0 Å². The first-order chi connectivity index (χ1) is 13.1. The van der Waals surface area contributed by atoms with Crippen molar-refractivity contribution in [2.24, 2.45) is 0 Å². The van der Waals surface area contributed by atoms with Crippen molar-refractivity contribution in [3.8, 4) is 0 Å². The fraction of sp³-hybridized carbons (Fsp3) is 0.714. The fourth-order valence-corrected chi connectivity index (χ4v) is 10.2. The Morgan fingerprint density at radius 3 is 1.82 bits per heavy atom. The largest absolute Gasteiger partial charge is 0.331 e. The second kappa shape index (κ2) is 11.1. The van der Waals surface area contributed by atoms with E-state index in [1.165, 1.54) is 0 Å². The molecule has 0 aliphatic rings. The maximum Gasteiger partial charge on any atom is 0.331 e. The third kappa shape index (κ3) is 6.28. The van der Waals surface area contributed by atoms with Crippen LogP contribution in [0.2, 0.25) is 0 Å². The lowest BCUT2D eigenvalue weighted by Gasteiger charge is -2.40. The van der Waals surface area contributed by atoms with E-state index in [0.717, 1.165) is 18.4 Å². The van der Waals surface area contributed by atoms with Gasteiger partial charge in [0.1, 0.15) is 7.14 Å². The second-order valence-electron chi connectivity index (χ2n) is 7.93. The Kier molecular flexibility index (Phi) is 10.1. The lowest BCUT2D eigenvalue weighted by Crippen LogP contribution is -2.41. The normalized spacial score (nSPS) is 16.1. The van der Waals surface area contributed by atoms with Gasteiger partial charge in [-0.3, -0.25) is 4.57 Å². The van der Waals surface area contributed by atoms with Gasteiger partial charge in [-0.15, -0.1) is 0 Å². The van der Waals surface area contributed by atoms with Crippen LogP contribution in [0.25, 0.3) is 0 Å². The lowest BCUT2D eigenvalue weighted by molar-refractivity contribution is 0.217. The summed E-state index contributed by atoms with van der Waals surface area (Å²) in [6, 6.07) is 9.65. The second-order valence-corrected chi connectivity index (χ2v) is 13.9. The molecule has 0 saturated heterocycles. The van der Waals surface area contributed by atoms with E-state index in [4.69, 9.17) is 9.05 Å². The zero-order chi connectivity index (χ0) is 21.4. The van der Waals surface area contributed by atoms with Crippen molar-refractivity contribution in [3.63, 3.8) is 0 Å². The Labute approximate surface area is 172 Å². The van der Waals surface area contributed by atoms with E-state index < -0.39 is 19.9 Å². The monoisotopic (exact) mass is 431 g/mol. The molecule has 0 heterocycles. The highest BCUT2D eigenvalue weighted by molar-refractivity contribution is 7.74. The molecule has 0 saturated carbocycles. The van der Waals surface area contributed by atoms with E-state index in [0.29, 0.717) is 19.8 Å². The average molecular weight is 431 g/mol. The Morgan fingerprint density at radius 2 is 1.43 bits per heavy atom. The number of rotatable bonds is 12. The smallest absolute Gasteiger partial charge is 0.318 e. The minimum absolute atomic E-state index is 0.161. The molecule has 162 valence electrons. The molecule has 0 radical (unpaired) electrons. The quantitative estimate of drug-likeness (QED) is 0.412. The highest BCUT2D eigenvalue weighted by Gasteiger charge is 2.48. The molecule has 1 rings (SSSR count). The van der Waals surface area contributed by atoms with Crippen LogP contribution in [-0.4, -0.2) is 54.7 Å². The number of hydrogen-bond acceptors (Lipinski definition) is 5. The summed E-state index contributed by atoms with van der Waals surface area (Å²) in [4.78, 5) is 2.24. The third-order valence-electron chi connectivity index (χ3n) is 5.10. The number of benzene rings is 1. The van der Waals surface area contributed by atoms with Crippen LogP contribution in [0.15, 0.2) is 30.3 Å². The van der Waals surface area contributed by atoms with Gasteiger partial charge in [0.25, 0.3) is 0 Å². The van der Waals surface area contributed by atoms with E-state index in [1.54, 1.807) is 0 Å². The van der Waals surface area contributed by atoms with E-state index in [9.17, 15) is 9.13 Å². The summed E-state index contributed by atoms with van der Waals surface area (Å²) in [6.45, 7) is 16.8. The van der Waals surface area contributed by atoms with Gasteiger partial charge in [-0.05, 0) is 26.9 Å². The van der Waals surface area contributed by atoms with Crippen molar-refractivity contribution in [1.82, 2.24) is 4.90 Å². The molecule has 0 aromatic heterocycles. The standard InChI is InChI=1S/C21H39NO4P2/c1-8-22(9-2)17-20(18-27(23,25-10-3)26-11-4)28(24,21(5,6)7)19-15-13-12-14-16-19/h12-16,20H,8-11,17-18H2,1-7H3. The summed E-state index contributed by atoms with van der Waals surface area (Å²) in [6.07, 6.45) is 0.161. The molecule has 28 heavy (non-hydrogen) atoms.